The highest BCUT2D eigenvalue weighted by Crippen LogP contribution is 2.51. The Hall–Kier alpha value is -4.60. The maximum atomic E-state index is 12.1. The summed E-state index contributed by atoms with van der Waals surface area (Å²) in [4.78, 5) is 0. The Bertz CT molecular complexity index is 3160. The fourth-order valence-corrected chi connectivity index (χ4v) is 16.0. The number of aliphatic hydroxyl groups is 20. The SMILES string of the molecule is C=C(C)[C@@H]1CCC(C)=C[C@H]1c1c(O)cc(CCCCC)cc1O[C@@H]1O[C@H](CO)[C@@H](O[C@@H]2O[C@H](CO)[C@@H](O)[C@H](O)[C@H]2O)[C@H](O[C@@H]2O[C@H](CO)[C@@H](O)[C@H](O)[C@H]2O)[C@H]1O.C=C(C)[C@@H]1CCC(C)=C[C@H]1c1c(O)cc(CCCCC)cc1O[C@@H]1O[C@H](CO)[C@@H](O[C@@H]2O[C@H](CO)[C@@H](O)[C@H](O)[C@H]2O)[C@H](O[C@@H]2O[C@H](CO)[C@@H](O)[C@H](O)[C@H]2O)[C@H]1O. The predicted octanol–water partition coefficient (Wildman–Crippen LogP) is -2.06. The Morgan fingerprint density at radius 1 is 0.366 bits per heavy atom. The third kappa shape index (κ3) is 20.7. The van der Waals surface area contributed by atoms with Gasteiger partial charge in [-0.2, -0.15) is 0 Å². The van der Waals surface area contributed by atoms with Gasteiger partial charge in [0.1, 0.15) is 169 Å². The highest BCUT2D eigenvalue weighted by Gasteiger charge is 2.58. The van der Waals surface area contributed by atoms with Crippen LogP contribution in [0.2, 0.25) is 0 Å². The van der Waals surface area contributed by atoms with Gasteiger partial charge in [-0.05, 0) is 126 Å². The van der Waals surface area contributed by atoms with E-state index in [1.165, 1.54) is 0 Å². The quantitative estimate of drug-likeness (QED) is 0.0295. The summed E-state index contributed by atoms with van der Waals surface area (Å²) < 4.78 is 71.4. The molecule has 0 bridgehead atoms. The van der Waals surface area contributed by atoms with Crippen LogP contribution in [0.5, 0.6) is 23.0 Å². The van der Waals surface area contributed by atoms with Gasteiger partial charge in [-0.1, -0.05) is 87.1 Å². The second-order valence-electron chi connectivity index (χ2n) is 30.9. The topological polar surface area (TPSA) is 556 Å². The van der Waals surface area contributed by atoms with E-state index in [-0.39, 0.29) is 46.7 Å². The minimum Gasteiger partial charge on any atom is -0.507 e. The number of hydrogen-bond acceptors (Lipinski definition) is 34. The molecule has 6 saturated heterocycles. The molecule has 0 radical (unpaired) electrons. The zero-order valence-electron chi connectivity index (χ0n) is 64.0. The monoisotopic (exact) mass is 1600 g/mol. The molecule has 6 fully saturated rings. The normalized spacial score (nSPS) is 40.6. The highest BCUT2D eigenvalue weighted by atomic mass is 16.8. The Balaban J connectivity index is 0.000000257. The van der Waals surface area contributed by atoms with Gasteiger partial charge in [0.15, 0.2) is 25.2 Å². The molecule has 34 heteroatoms. The number of allylic oxidation sites excluding steroid dienone is 6. The molecule has 0 unspecified atom stereocenters. The molecule has 34 nitrogen and oxygen atoms in total. The van der Waals surface area contributed by atoms with Crippen molar-refractivity contribution in [3.8, 4) is 23.0 Å². The van der Waals surface area contributed by atoms with Crippen LogP contribution >= 0.6 is 0 Å². The second kappa shape index (κ2) is 41.2. The minimum absolute atomic E-state index is 0.0434. The average molecular weight is 1600 g/mol. The predicted molar refractivity (Wildman–Crippen MR) is 390 cm³/mol. The Morgan fingerprint density at radius 3 is 0.911 bits per heavy atom. The van der Waals surface area contributed by atoms with E-state index >= 15 is 0 Å². The van der Waals surface area contributed by atoms with Crippen LogP contribution in [0.25, 0.3) is 0 Å². The maximum absolute atomic E-state index is 12.1. The molecular weight excluding hydrogens is 1480 g/mol. The molecule has 34 atom stereocenters. The molecule has 6 heterocycles. The Morgan fingerprint density at radius 2 is 0.643 bits per heavy atom. The molecular formula is C78H120O34. The summed E-state index contributed by atoms with van der Waals surface area (Å²) in [6, 6.07) is 6.89. The average Bonchev–Trinajstić information content (AvgIpc) is 0.768. The lowest BCUT2D eigenvalue weighted by Gasteiger charge is -2.49. The second-order valence-corrected chi connectivity index (χ2v) is 30.9. The molecule has 8 aliphatic rings. The number of unbranched alkanes of at least 4 members (excludes halogenated alkanes) is 4. The summed E-state index contributed by atoms with van der Waals surface area (Å²) in [7, 11) is 0. The maximum Gasteiger partial charge on any atom is 0.229 e. The van der Waals surface area contributed by atoms with Crippen molar-refractivity contribution in [1.29, 1.82) is 0 Å². The van der Waals surface area contributed by atoms with Crippen LogP contribution in [0, 0.1) is 11.8 Å². The molecule has 0 aromatic heterocycles. The number of phenols is 2. The minimum atomic E-state index is -1.94. The van der Waals surface area contributed by atoms with Gasteiger partial charge in [0, 0.05) is 23.0 Å². The Kier molecular flexibility index (Phi) is 33.6. The fraction of sp³-hybridized carbons (Fsp3) is 0.744. The van der Waals surface area contributed by atoms with Crippen LogP contribution < -0.4 is 9.47 Å². The molecule has 2 aliphatic carbocycles. The first-order valence-corrected chi connectivity index (χ1v) is 38.7. The van der Waals surface area contributed by atoms with Gasteiger partial charge in [-0.15, -0.1) is 0 Å². The van der Waals surface area contributed by atoms with E-state index < -0.39 is 224 Å². The number of aromatic hydroxyl groups is 2. The van der Waals surface area contributed by atoms with Gasteiger partial charge in [-0.3, -0.25) is 0 Å². The van der Waals surface area contributed by atoms with E-state index in [2.05, 4.69) is 27.0 Å². The van der Waals surface area contributed by atoms with Gasteiger partial charge < -0.3 is 169 Å². The molecule has 636 valence electrons. The molecule has 2 aromatic rings. The highest BCUT2D eigenvalue weighted by molar-refractivity contribution is 5.54. The molecule has 0 amide bonds. The lowest BCUT2D eigenvalue weighted by Crippen LogP contribution is -2.67. The Labute approximate surface area is 650 Å². The molecule has 0 spiro atoms. The first-order chi connectivity index (χ1) is 53.3. The van der Waals surface area contributed by atoms with E-state index in [9.17, 15) is 112 Å². The summed E-state index contributed by atoms with van der Waals surface area (Å²) in [5, 5.41) is 235. The van der Waals surface area contributed by atoms with Crippen LogP contribution in [0.3, 0.4) is 0 Å². The van der Waals surface area contributed by atoms with E-state index in [4.69, 9.17) is 56.8 Å². The zero-order valence-corrected chi connectivity index (χ0v) is 64.0. The van der Waals surface area contributed by atoms with E-state index in [1.54, 1.807) is 24.3 Å². The number of ether oxygens (including phenoxy) is 12. The molecule has 2 aromatic carbocycles. The number of phenolic OH excluding ortho intramolecular Hbond substituents is 2. The zero-order chi connectivity index (χ0) is 82.0. The van der Waals surface area contributed by atoms with Crippen LogP contribution in [0.1, 0.15) is 140 Å². The first kappa shape index (κ1) is 91.3. The number of benzene rings is 2. The number of aryl methyl sites for hydroxylation is 2. The lowest BCUT2D eigenvalue weighted by molar-refractivity contribution is -0.381. The molecule has 0 saturated carbocycles. The van der Waals surface area contributed by atoms with Crippen LogP contribution in [0.15, 0.2) is 71.9 Å². The van der Waals surface area contributed by atoms with Crippen LogP contribution in [-0.2, 0) is 60.2 Å². The van der Waals surface area contributed by atoms with Crippen molar-refractivity contribution in [2.75, 3.05) is 39.6 Å². The molecule has 10 rings (SSSR count). The van der Waals surface area contributed by atoms with Crippen molar-refractivity contribution in [3.63, 3.8) is 0 Å². The third-order valence-electron chi connectivity index (χ3n) is 22.6. The summed E-state index contributed by atoms with van der Waals surface area (Å²) in [6.07, 6.45) is -37.9. The van der Waals surface area contributed by atoms with E-state index in [1.807, 2.05) is 39.8 Å². The largest absolute Gasteiger partial charge is 0.507 e. The summed E-state index contributed by atoms with van der Waals surface area (Å²) >= 11 is 0. The van der Waals surface area contributed by atoms with E-state index in [0.717, 1.165) is 97.6 Å². The standard InChI is InChI=1S/2C39H60O17/c2*1-5-6-7-8-19-12-22(43)27(21-11-18(4)9-10-20(21)17(2)3)23(13-19)51-39-34(50)36(56-38-33(49)31(47)29(45)25(15-41)53-38)35(26(16-42)54-39)55-37-32(48)30(46)28(44)24(14-40)52-37/h2*11-13,20-21,24-26,28-50H,2,5-10,14-16H2,1,3-4H3/t2*20-,21+,24+,25+,26+,28+,29+,30-,31-,32+,33+,34+,35+,36+,37-,38-,39+/m00/s1. The van der Waals surface area contributed by atoms with Gasteiger partial charge >= 0.3 is 0 Å². The van der Waals surface area contributed by atoms with Gasteiger partial charge in [0.2, 0.25) is 12.6 Å². The van der Waals surface area contributed by atoms with Gasteiger partial charge in [-0.25, -0.2) is 0 Å². The van der Waals surface area contributed by atoms with Gasteiger partial charge in [0.05, 0.1) is 39.6 Å². The van der Waals surface area contributed by atoms with E-state index in [0.29, 0.717) is 24.0 Å². The van der Waals surface area contributed by atoms with Crippen molar-refractivity contribution in [3.05, 3.63) is 94.1 Å². The van der Waals surface area contributed by atoms with Crippen LogP contribution in [0.4, 0.5) is 0 Å². The van der Waals surface area contributed by atoms with Crippen molar-refractivity contribution in [1.82, 2.24) is 0 Å². The van der Waals surface area contributed by atoms with Gasteiger partial charge in [0.25, 0.3) is 0 Å². The van der Waals surface area contributed by atoms with Crippen LogP contribution in [-0.4, -0.2) is 336 Å². The van der Waals surface area contributed by atoms with Crippen molar-refractivity contribution in [2.45, 2.75) is 315 Å². The number of hydrogen-bond donors (Lipinski definition) is 22. The first-order valence-electron chi connectivity index (χ1n) is 38.7. The summed E-state index contributed by atoms with van der Waals surface area (Å²) in [5.74, 6) is -0.648. The van der Waals surface area contributed by atoms with Crippen molar-refractivity contribution in [2.24, 2.45) is 11.8 Å². The molecule has 6 aliphatic heterocycles. The summed E-state index contributed by atoms with van der Waals surface area (Å²) in [6.45, 7) is 15.5. The summed E-state index contributed by atoms with van der Waals surface area (Å²) in [5.41, 5.74) is 6.32. The molecule has 22 N–H and O–H groups in total. The third-order valence-corrected chi connectivity index (χ3v) is 22.6. The molecule has 112 heavy (non-hydrogen) atoms. The van der Waals surface area contributed by atoms with Crippen molar-refractivity contribution < 1.29 is 169 Å². The number of rotatable bonds is 30. The van der Waals surface area contributed by atoms with Crippen molar-refractivity contribution >= 4 is 0 Å². The smallest absolute Gasteiger partial charge is 0.229 e. The fourth-order valence-electron chi connectivity index (χ4n) is 16.0. The lowest BCUT2D eigenvalue weighted by atomic mass is 9.73. The number of aliphatic hydroxyl groups excluding tert-OH is 20.